The van der Waals surface area contributed by atoms with Gasteiger partial charge >= 0.3 is 0 Å². The Hall–Kier alpha value is -2.77. The number of fused-ring (bicyclic) bond motifs is 1. The summed E-state index contributed by atoms with van der Waals surface area (Å²) >= 11 is 12.2. The lowest BCUT2D eigenvalue weighted by atomic mass is 10.1. The van der Waals surface area contributed by atoms with E-state index in [-0.39, 0.29) is 10.8 Å². The molecule has 0 aliphatic carbocycles. The van der Waals surface area contributed by atoms with Crippen LogP contribution in [0.2, 0.25) is 10.0 Å². The molecule has 3 heterocycles. The Morgan fingerprint density at radius 1 is 1.19 bits per heavy atom. The fraction of sp³-hybridized carbons (Fsp3) is 0.0556. The van der Waals surface area contributed by atoms with Gasteiger partial charge in [-0.05, 0) is 36.4 Å². The third-order valence-electron chi connectivity index (χ3n) is 4.02. The highest BCUT2D eigenvalue weighted by molar-refractivity contribution is 6.32. The summed E-state index contributed by atoms with van der Waals surface area (Å²) < 4.78 is 27.8. The molecule has 3 aromatic heterocycles. The smallest absolute Gasteiger partial charge is 0.282 e. The Labute approximate surface area is 161 Å². The van der Waals surface area contributed by atoms with Gasteiger partial charge in [-0.1, -0.05) is 23.2 Å². The monoisotopic (exact) mass is 406 g/mol. The number of carbonyl (C=O) groups is 1. The third kappa shape index (κ3) is 3.09. The standard InChI is InChI=1S/C18H10Cl2F2N4O/c19-11-4-9-6-13(24-16(9)10(5-11)8-27)15-7-14(17(21)22)25-26(15)18-12(20)2-1-3-23-18/h1-8,17,24H. The molecule has 0 aliphatic rings. The van der Waals surface area contributed by atoms with Crippen molar-refractivity contribution in [2.45, 2.75) is 6.43 Å². The van der Waals surface area contributed by atoms with E-state index in [9.17, 15) is 13.6 Å². The molecular weight excluding hydrogens is 397 g/mol. The summed E-state index contributed by atoms with van der Waals surface area (Å²) in [7, 11) is 0. The van der Waals surface area contributed by atoms with Crippen molar-refractivity contribution in [3.8, 4) is 17.2 Å². The fourth-order valence-electron chi connectivity index (χ4n) is 2.86. The molecule has 1 aromatic carbocycles. The Morgan fingerprint density at radius 3 is 2.70 bits per heavy atom. The van der Waals surface area contributed by atoms with Crippen LogP contribution in [0.15, 0.2) is 42.6 Å². The Bertz CT molecular complexity index is 1170. The average Bonchev–Trinajstić information content (AvgIpc) is 3.25. The number of nitrogens with one attached hydrogen (secondary N) is 1. The van der Waals surface area contributed by atoms with Crippen LogP contribution in [0.5, 0.6) is 0 Å². The largest absolute Gasteiger partial charge is 0.353 e. The van der Waals surface area contributed by atoms with Crippen molar-refractivity contribution in [1.82, 2.24) is 19.7 Å². The highest BCUT2D eigenvalue weighted by Crippen LogP contribution is 2.32. The minimum atomic E-state index is -2.77. The lowest BCUT2D eigenvalue weighted by Gasteiger charge is -2.06. The number of rotatable bonds is 4. The third-order valence-corrected chi connectivity index (χ3v) is 4.53. The van der Waals surface area contributed by atoms with Crippen LogP contribution in [-0.4, -0.2) is 26.0 Å². The van der Waals surface area contributed by atoms with Crippen LogP contribution < -0.4 is 0 Å². The predicted molar refractivity (Wildman–Crippen MR) is 99.0 cm³/mol. The van der Waals surface area contributed by atoms with Gasteiger partial charge in [-0.2, -0.15) is 5.10 Å². The maximum absolute atomic E-state index is 13.3. The maximum Gasteiger partial charge on any atom is 0.282 e. The van der Waals surface area contributed by atoms with E-state index >= 15 is 0 Å². The summed E-state index contributed by atoms with van der Waals surface area (Å²) in [6, 6.07) is 9.37. The highest BCUT2D eigenvalue weighted by Gasteiger charge is 2.21. The van der Waals surface area contributed by atoms with Gasteiger partial charge in [0.15, 0.2) is 12.1 Å². The molecule has 0 atom stereocenters. The zero-order chi connectivity index (χ0) is 19.1. The van der Waals surface area contributed by atoms with Crippen molar-refractivity contribution in [2.75, 3.05) is 0 Å². The molecule has 0 radical (unpaired) electrons. The number of aldehydes is 1. The van der Waals surface area contributed by atoms with Crippen LogP contribution in [-0.2, 0) is 0 Å². The van der Waals surface area contributed by atoms with Gasteiger partial charge in [0, 0.05) is 22.2 Å². The van der Waals surface area contributed by atoms with Crippen LogP contribution in [0.4, 0.5) is 8.78 Å². The highest BCUT2D eigenvalue weighted by atomic mass is 35.5. The molecule has 136 valence electrons. The van der Waals surface area contributed by atoms with E-state index in [0.29, 0.717) is 39.2 Å². The first-order valence-corrected chi connectivity index (χ1v) is 8.50. The Balaban J connectivity index is 1.97. The molecule has 0 spiro atoms. The van der Waals surface area contributed by atoms with Crippen molar-refractivity contribution >= 4 is 40.4 Å². The van der Waals surface area contributed by atoms with E-state index in [2.05, 4.69) is 15.1 Å². The summed E-state index contributed by atoms with van der Waals surface area (Å²) in [4.78, 5) is 18.5. The van der Waals surface area contributed by atoms with Crippen molar-refractivity contribution in [2.24, 2.45) is 0 Å². The number of hydrogen-bond acceptors (Lipinski definition) is 3. The zero-order valence-corrected chi connectivity index (χ0v) is 15.0. The number of H-pyrrole nitrogens is 1. The predicted octanol–water partition coefficient (Wildman–Crippen LogP) is 5.47. The van der Waals surface area contributed by atoms with E-state index in [4.69, 9.17) is 23.2 Å². The first-order chi connectivity index (χ1) is 13.0. The number of alkyl halides is 2. The maximum atomic E-state index is 13.3. The molecule has 0 fully saturated rings. The Morgan fingerprint density at radius 2 is 2.00 bits per heavy atom. The van der Waals surface area contributed by atoms with Gasteiger partial charge in [0.1, 0.15) is 5.69 Å². The number of carbonyl (C=O) groups excluding carboxylic acids is 1. The first-order valence-electron chi connectivity index (χ1n) is 7.74. The average molecular weight is 407 g/mol. The summed E-state index contributed by atoms with van der Waals surface area (Å²) in [5, 5.41) is 5.27. The van der Waals surface area contributed by atoms with Crippen molar-refractivity contribution in [3.63, 3.8) is 0 Å². The molecular formula is C18H10Cl2F2N4O. The van der Waals surface area contributed by atoms with Gasteiger partial charge in [0.25, 0.3) is 6.43 Å². The van der Waals surface area contributed by atoms with E-state index in [0.717, 1.165) is 0 Å². The molecule has 0 saturated carbocycles. The molecule has 1 N–H and O–H groups in total. The lowest BCUT2D eigenvalue weighted by molar-refractivity contribution is 0.112. The van der Waals surface area contributed by atoms with E-state index < -0.39 is 12.1 Å². The van der Waals surface area contributed by atoms with Gasteiger partial charge in [-0.25, -0.2) is 18.4 Å². The quantitative estimate of drug-likeness (QED) is 0.456. The number of aromatic amines is 1. The molecule has 0 unspecified atom stereocenters. The SMILES string of the molecule is O=Cc1cc(Cl)cc2cc(-c3cc(C(F)F)nn3-c3ncccc3Cl)[nH]c12. The minimum Gasteiger partial charge on any atom is -0.353 e. The molecule has 0 saturated heterocycles. The van der Waals surface area contributed by atoms with E-state index in [1.807, 2.05) is 0 Å². The zero-order valence-electron chi connectivity index (χ0n) is 13.5. The first kappa shape index (κ1) is 17.6. The van der Waals surface area contributed by atoms with Crippen LogP contribution in [0.1, 0.15) is 22.5 Å². The second-order valence-corrected chi connectivity index (χ2v) is 6.58. The van der Waals surface area contributed by atoms with Gasteiger partial charge in [-0.15, -0.1) is 0 Å². The minimum absolute atomic E-state index is 0.216. The summed E-state index contributed by atoms with van der Waals surface area (Å²) in [6.45, 7) is 0. The van der Waals surface area contributed by atoms with Crippen molar-refractivity contribution in [3.05, 3.63) is 63.9 Å². The fourth-order valence-corrected chi connectivity index (χ4v) is 3.29. The summed E-state index contributed by atoms with van der Waals surface area (Å²) in [6.07, 6.45) is -0.604. The molecule has 27 heavy (non-hydrogen) atoms. The number of nitrogens with zero attached hydrogens (tertiary/aromatic N) is 3. The molecule has 0 bridgehead atoms. The van der Waals surface area contributed by atoms with Gasteiger partial charge in [0.2, 0.25) is 0 Å². The van der Waals surface area contributed by atoms with Crippen molar-refractivity contribution in [1.29, 1.82) is 0 Å². The summed E-state index contributed by atoms with van der Waals surface area (Å²) in [5.41, 5.74) is 1.29. The van der Waals surface area contributed by atoms with Crippen molar-refractivity contribution < 1.29 is 13.6 Å². The molecule has 4 aromatic rings. The van der Waals surface area contributed by atoms with Gasteiger partial charge < -0.3 is 4.98 Å². The van der Waals surface area contributed by atoms with E-state index in [1.54, 1.807) is 24.3 Å². The van der Waals surface area contributed by atoms with Gasteiger partial charge in [-0.3, -0.25) is 4.79 Å². The number of benzene rings is 1. The van der Waals surface area contributed by atoms with Gasteiger partial charge in [0.05, 0.1) is 21.9 Å². The Kier molecular flexibility index (Phi) is 4.41. The molecule has 5 nitrogen and oxygen atoms in total. The number of hydrogen-bond donors (Lipinski definition) is 1. The van der Waals surface area contributed by atoms with Crippen LogP contribution in [0, 0.1) is 0 Å². The normalized spacial score (nSPS) is 11.4. The second-order valence-electron chi connectivity index (χ2n) is 5.74. The topological polar surface area (TPSA) is 63.6 Å². The second kappa shape index (κ2) is 6.75. The van der Waals surface area contributed by atoms with Crippen LogP contribution in [0.25, 0.3) is 28.1 Å². The summed E-state index contributed by atoms with van der Waals surface area (Å²) in [5.74, 6) is 0.216. The lowest BCUT2D eigenvalue weighted by Crippen LogP contribution is -2.03. The number of aromatic nitrogens is 4. The number of pyridine rings is 1. The van der Waals surface area contributed by atoms with Crippen LogP contribution >= 0.6 is 23.2 Å². The molecule has 9 heteroatoms. The van der Waals surface area contributed by atoms with E-state index in [1.165, 1.54) is 23.0 Å². The molecule has 4 rings (SSSR count). The van der Waals surface area contributed by atoms with Crippen LogP contribution in [0.3, 0.4) is 0 Å². The molecule has 0 aliphatic heterocycles. The number of halogens is 4. The molecule has 0 amide bonds.